The van der Waals surface area contributed by atoms with E-state index in [0.29, 0.717) is 30.0 Å². The number of benzene rings is 3. The fraction of sp³-hybridized carbons (Fsp3) is 0.500. The molecule has 2 saturated heterocycles. The van der Waals surface area contributed by atoms with E-state index in [-0.39, 0.29) is 24.8 Å². The Labute approximate surface area is 268 Å². The number of carbonyl (C=O) groups is 1. The summed E-state index contributed by atoms with van der Waals surface area (Å²) < 4.78 is 13.4. The number of nitrogens with zero attached hydrogens (tertiary/aromatic N) is 1. The third kappa shape index (κ3) is 7.60. The molecule has 1 aliphatic carbocycles. The number of nitrogens with one attached hydrogen (secondary N) is 2. The molecular weight excluding hydrogens is 562 g/mol. The average Bonchev–Trinajstić information content (AvgIpc) is 3.27. The van der Waals surface area contributed by atoms with Gasteiger partial charge in [0.15, 0.2) is 6.29 Å². The highest BCUT2D eigenvalue weighted by Crippen LogP contribution is 2.53. The first-order valence-corrected chi connectivity index (χ1v) is 16.6. The Bertz CT molecular complexity index is 1460. The van der Waals surface area contributed by atoms with Gasteiger partial charge < -0.3 is 25.2 Å². The molecule has 2 amide bonds. The first kappa shape index (κ1) is 31.7. The molecule has 0 aromatic heterocycles. The maximum Gasteiger partial charge on any atom is 0.315 e. The van der Waals surface area contributed by atoms with Crippen LogP contribution in [0.3, 0.4) is 0 Å². The molecule has 6 rings (SSSR count). The molecule has 3 aliphatic rings. The number of aliphatic hydroxyl groups excluding tert-OH is 1. The fourth-order valence-corrected chi connectivity index (χ4v) is 8.18. The number of hydrogen-bond donors (Lipinski definition) is 3. The van der Waals surface area contributed by atoms with Crippen LogP contribution in [0.2, 0.25) is 0 Å². The number of rotatable bonds is 9. The minimum atomic E-state index is -0.470. The van der Waals surface area contributed by atoms with Crippen molar-refractivity contribution in [2.75, 3.05) is 19.6 Å². The third-order valence-electron chi connectivity index (χ3n) is 9.81. The van der Waals surface area contributed by atoms with Gasteiger partial charge in [-0.05, 0) is 70.9 Å². The van der Waals surface area contributed by atoms with E-state index in [9.17, 15) is 9.90 Å². The summed E-state index contributed by atoms with van der Waals surface area (Å²) in [7, 11) is 0. The highest BCUT2D eigenvalue weighted by atomic mass is 16.7. The van der Waals surface area contributed by atoms with Crippen LogP contribution in [0, 0.1) is 10.8 Å². The molecule has 2 aliphatic heterocycles. The van der Waals surface area contributed by atoms with E-state index in [4.69, 9.17) is 9.47 Å². The lowest BCUT2D eigenvalue weighted by Gasteiger charge is -2.41. The first-order valence-electron chi connectivity index (χ1n) is 16.6. The summed E-state index contributed by atoms with van der Waals surface area (Å²) in [6.45, 7) is 12.4. The van der Waals surface area contributed by atoms with E-state index in [2.05, 4.69) is 84.8 Å². The Morgan fingerprint density at radius 3 is 2.40 bits per heavy atom. The van der Waals surface area contributed by atoms with Crippen LogP contribution in [0.5, 0.6) is 0 Å². The van der Waals surface area contributed by atoms with E-state index in [1.807, 2.05) is 31.2 Å². The Morgan fingerprint density at radius 1 is 0.911 bits per heavy atom. The highest BCUT2D eigenvalue weighted by Gasteiger charge is 2.50. The molecule has 240 valence electrons. The molecule has 3 aromatic rings. The molecule has 2 bridgehead atoms. The number of likely N-dealkylation sites (tertiary alicyclic amines) is 1. The topological polar surface area (TPSA) is 83.1 Å². The lowest BCUT2D eigenvalue weighted by Crippen LogP contribution is -2.42. The maximum absolute atomic E-state index is 11.9. The van der Waals surface area contributed by atoms with Gasteiger partial charge in [0.2, 0.25) is 0 Å². The lowest BCUT2D eigenvalue weighted by atomic mass is 9.65. The fourth-order valence-electron chi connectivity index (χ4n) is 8.18. The van der Waals surface area contributed by atoms with Crippen molar-refractivity contribution >= 4 is 6.03 Å². The second-order valence-electron chi connectivity index (χ2n) is 14.5. The van der Waals surface area contributed by atoms with Gasteiger partial charge in [-0.15, -0.1) is 0 Å². The van der Waals surface area contributed by atoms with Crippen LogP contribution in [-0.4, -0.2) is 47.8 Å². The highest BCUT2D eigenvalue weighted by molar-refractivity contribution is 5.73. The summed E-state index contributed by atoms with van der Waals surface area (Å²) in [6, 6.07) is 25.3. The predicted molar refractivity (Wildman–Crippen MR) is 177 cm³/mol. The van der Waals surface area contributed by atoms with Crippen molar-refractivity contribution in [1.82, 2.24) is 15.5 Å². The van der Waals surface area contributed by atoms with Crippen molar-refractivity contribution in [2.45, 2.75) is 91.1 Å². The zero-order valence-electron chi connectivity index (χ0n) is 27.2. The second-order valence-corrected chi connectivity index (χ2v) is 14.5. The number of urea groups is 1. The van der Waals surface area contributed by atoms with Crippen LogP contribution in [0.4, 0.5) is 4.79 Å². The van der Waals surface area contributed by atoms with Crippen LogP contribution in [0.25, 0.3) is 11.1 Å². The molecule has 3 fully saturated rings. The SMILES string of the molecule is CCNC(=O)NCc1cccc(-c2ccc(C3OC(CN4CC5(C)CC4CC(C)(C)C5)CC(c4ccc(CO)cc4)O3)cc2)c1. The van der Waals surface area contributed by atoms with E-state index < -0.39 is 6.29 Å². The zero-order chi connectivity index (χ0) is 31.6. The minimum absolute atomic E-state index is 0.0333. The van der Waals surface area contributed by atoms with Gasteiger partial charge in [0, 0.05) is 44.2 Å². The number of fused-ring (bicyclic) bond motifs is 2. The van der Waals surface area contributed by atoms with Crippen LogP contribution in [-0.2, 0) is 22.6 Å². The first-order chi connectivity index (χ1) is 21.6. The van der Waals surface area contributed by atoms with Gasteiger partial charge in [0.25, 0.3) is 0 Å². The normalized spacial score (nSPS) is 27.7. The smallest absolute Gasteiger partial charge is 0.315 e. The summed E-state index contributed by atoms with van der Waals surface area (Å²) >= 11 is 0. The quantitative estimate of drug-likeness (QED) is 0.240. The molecule has 0 spiro atoms. The van der Waals surface area contributed by atoms with Crippen LogP contribution in [0.1, 0.15) is 88.0 Å². The Hall–Kier alpha value is -3.23. The van der Waals surface area contributed by atoms with Gasteiger partial charge in [0.1, 0.15) is 0 Å². The van der Waals surface area contributed by atoms with E-state index in [1.165, 1.54) is 19.3 Å². The van der Waals surface area contributed by atoms with Crippen molar-refractivity contribution in [3.05, 3.63) is 95.1 Å². The lowest BCUT2D eigenvalue weighted by molar-refractivity contribution is -0.253. The number of aliphatic hydroxyl groups is 1. The van der Waals surface area contributed by atoms with Crippen LogP contribution >= 0.6 is 0 Å². The van der Waals surface area contributed by atoms with E-state index >= 15 is 0 Å². The summed E-state index contributed by atoms with van der Waals surface area (Å²) in [5.41, 5.74) is 7.02. The predicted octanol–water partition coefficient (Wildman–Crippen LogP) is 7.11. The van der Waals surface area contributed by atoms with Crippen molar-refractivity contribution < 1.29 is 19.4 Å². The minimum Gasteiger partial charge on any atom is -0.392 e. The van der Waals surface area contributed by atoms with Gasteiger partial charge in [-0.2, -0.15) is 0 Å². The molecule has 5 atom stereocenters. The van der Waals surface area contributed by atoms with Crippen molar-refractivity contribution in [3.63, 3.8) is 0 Å². The number of carbonyl (C=O) groups excluding carboxylic acids is 1. The standard InChI is InChI=1S/C38H49N3O4/c1-5-39-36(43)40-21-27-7-6-8-31(17-27)28-13-15-30(16-14-28)35-44-33(18-34(45-35)29-11-9-26(23-42)10-12-29)22-41-25-38(4)20-32(41)19-37(2,3)24-38/h6-17,32-35,42H,5,18-25H2,1-4H3,(H2,39,40,43). The maximum atomic E-state index is 11.9. The third-order valence-corrected chi connectivity index (χ3v) is 9.81. The summed E-state index contributed by atoms with van der Waals surface area (Å²) in [5, 5.41) is 15.2. The Kier molecular flexibility index (Phi) is 9.34. The number of hydrogen-bond acceptors (Lipinski definition) is 5. The Balaban J connectivity index is 1.19. The molecule has 45 heavy (non-hydrogen) atoms. The van der Waals surface area contributed by atoms with Gasteiger partial charge in [-0.25, -0.2) is 4.79 Å². The molecule has 1 saturated carbocycles. The molecular formula is C38H49N3O4. The zero-order valence-corrected chi connectivity index (χ0v) is 27.2. The molecule has 3 N–H and O–H groups in total. The summed E-state index contributed by atoms with van der Waals surface area (Å²) in [6.07, 6.45) is 4.08. The van der Waals surface area contributed by atoms with Gasteiger partial charge in [-0.1, -0.05) is 87.5 Å². The van der Waals surface area contributed by atoms with Crippen LogP contribution in [0.15, 0.2) is 72.8 Å². The monoisotopic (exact) mass is 611 g/mol. The number of ether oxygens (including phenoxy) is 2. The molecule has 3 aromatic carbocycles. The van der Waals surface area contributed by atoms with Gasteiger partial charge in [-0.3, -0.25) is 4.90 Å². The Morgan fingerprint density at radius 2 is 1.67 bits per heavy atom. The molecule has 0 radical (unpaired) electrons. The molecule has 5 unspecified atom stereocenters. The summed E-state index contributed by atoms with van der Waals surface area (Å²) in [5.74, 6) is 0. The second kappa shape index (κ2) is 13.2. The van der Waals surface area contributed by atoms with Gasteiger partial charge >= 0.3 is 6.03 Å². The number of amides is 2. The van der Waals surface area contributed by atoms with Crippen LogP contribution < -0.4 is 10.6 Å². The average molecular weight is 612 g/mol. The molecule has 7 heteroatoms. The van der Waals surface area contributed by atoms with Crippen molar-refractivity contribution in [1.29, 1.82) is 0 Å². The van der Waals surface area contributed by atoms with E-state index in [0.717, 1.165) is 52.9 Å². The van der Waals surface area contributed by atoms with E-state index in [1.54, 1.807) is 0 Å². The van der Waals surface area contributed by atoms with Gasteiger partial charge in [0.05, 0.1) is 18.8 Å². The largest absolute Gasteiger partial charge is 0.392 e. The summed E-state index contributed by atoms with van der Waals surface area (Å²) in [4.78, 5) is 14.5. The van der Waals surface area contributed by atoms with Crippen molar-refractivity contribution in [2.24, 2.45) is 10.8 Å². The molecule has 7 nitrogen and oxygen atoms in total. The molecule has 2 heterocycles. The van der Waals surface area contributed by atoms with Crippen molar-refractivity contribution in [3.8, 4) is 11.1 Å².